The third-order valence-corrected chi connectivity index (χ3v) is 9.49. The van der Waals surface area contributed by atoms with E-state index in [-0.39, 0.29) is 18.1 Å². The molecule has 0 aliphatic heterocycles. The fourth-order valence-electron chi connectivity index (χ4n) is 5.38. The number of rotatable bonds is 9. The molecule has 1 aliphatic rings. The fraction of sp³-hybridized carbons (Fsp3) is 0.462. The van der Waals surface area contributed by atoms with E-state index in [2.05, 4.69) is 15.5 Å². The molecule has 0 bridgehead atoms. The van der Waals surface area contributed by atoms with Crippen molar-refractivity contribution in [1.29, 1.82) is 0 Å². The number of hydrogen-bond donors (Lipinski definition) is 3. The number of benzene rings is 2. The van der Waals surface area contributed by atoms with Crippen molar-refractivity contribution >= 4 is 24.9 Å². The van der Waals surface area contributed by atoms with Gasteiger partial charge in [-0.05, 0) is 81.5 Å². The van der Waals surface area contributed by atoms with Crippen molar-refractivity contribution in [3.8, 4) is 28.6 Å². The third-order valence-electron chi connectivity index (χ3n) is 7.16. The number of aromatic nitrogens is 2. The van der Waals surface area contributed by atoms with E-state index in [1.165, 1.54) is 0 Å². The molecule has 0 radical (unpaired) electrons. The van der Waals surface area contributed by atoms with Crippen LogP contribution < -0.4 is 10.1 Å². The summed E-state index contributed by atoms with van der Waals surface area (Å²) < 4.78 is 23.5. The number of ether oxygens (including phenoxy) is 1. The van der Waals surface area contributed by atoms with Crippen LogP contribution >= 0.6 is 19.2 Å². The second kappa shape index (κ2) is 10.5. The van der Waals surface area contributed by atoms with Crippen LogP contribution in [-0.2, 0) is 4.57 Å². The number of anilines is 1. The minimum absolute atomic E-state index is 0.00386. The van der Waals surface area contributed by atoms with Gasteiger partial charge < -0.3 is 24.4 Å². The second-order valence-corrected chi connectivity index (χ2v) is 12.0. The quantitative estimate of drug-likeness (QED) is 0.258. The number of hydrogen-bond acceptors (Lipinski definition) is 6. The second-order valence-electron chi connectivity index (χ2n) is 9.62. The molecule has 0 saturated heterocycles. The van der Waals surface area contributed by atoms with Crippen molar-refractivity contribution in [2.45, 2.75) is 70.7 Å². The van der Waals surface area contributed by atoms with E-state index in [0.717, 1.165) is 23.2 Å². The van der Waals surface area contributed by atoms with Crippen LogP contribution in [0.4, 0.5) is 5.69 Å². The summed E-state index contributed by atoms with van der Waals surface area (Å²) >= 11 is 6.35. The zero-order chi connectivity index (χ0) is 26.1. The monoisotopic (exact) mass is 533 g/mol. The van der Waals surface area contributed by atoms with Crippen LogP contribution in [0.3, 0.4) is 0 Å². The van der Waals surface area contributed by atoms with Crippen LogP contribution in [0.15, 0.2) is 47.0 Å². The summed E-state index contributed by atoms with van der Waals surface area (Å²) in [7, 11) is -4.23. The zero-order valence-electron chi connectivity index (χ0n) is 20.9. The van der Waals surface area contributed by atoms with Gasteiger partial charge in [-0.15, -0.1) is 0 Å². The molecule has 1 heterocycles. The SMILES string of the molecule is CCC1[C@H](Nc2ccc(-c3nc(-c4ccc(OC(C)C)c(Cl)c4)no3)cc2)CC[C@@]1(CC)P(=O)(O)O. The van der Waals surface area contributed by atoms with Gasteiger partial charge in [-0.25, -0.2) is 0 Å². The smallest absolute Gasteiger partial charge is 0.331 e. The molecular formula is C26H33ClN3O5P. The summed E-state index contributed by atoms with van der Waals surface area (Å²) in [4.78, 5) is 24.7. The average molecular weight is 534 g/mol. The van der Waals surface area contributed by atoms with Crippen LogP contribution in [0.25, 0.3) is 22.8 Å². The van der Waals surface area contributed by atoms with E-state index >= 15 is 0 Å². The Kier molecular flexibility index (Phi) is 7.81. The lowest BCUT2D eigenvalue weighted by Gasteiger charge is -2.37. The molecule has 0 spiro atoms. The molecule has 8 nitrogen and oxygen atoms in total. The summed E-state index contributed by atoms with van der Waals surface area (Å²) in [6.45, 7) is 7.75. The Bertz CT molecular complexity index is 1240. The van der Waals surface area contributed by atoms with Crippen LogP contribution in [0.1, 0.15) is 53.4 Å². The van der Waals surface area contributed by atoms with Crippen molar-refractivity contribution in [2.75, 3.05) is 5.32 Å². The van der Waals surface area contributed by atoms with E-state index in [4.69, 9.17) is 20.9 Å². The molecular weight excluding hydrogens is 501 g/mol. The molecule has 0 amide bonds. The average Bonchev–Trinajstić information content (AvgIpc) is 3.46. The maximum atomic E-state index is 12.4. The Morgan fingerprint density at radius 2 is 1.89 bits per heavy atom. The molecule has 1 unspecified atom stereocenters. The Morgan fingerprint density at radius 3 is 2.47 bits per heavy atom. The van der Waals surface area contributed by atoms with Crippen LogP contribution in [-0.4, -0.2) is 37.2 Å². The van der Waals surface area contributed by atoms with Gasteiger partial charge in [0, 0.05) is 22.9 Å². The van der Waals surface area contributed by atoms with Gasteiger partial charge in [-0.2, -0.15) is 4.98 Å². The van der Waals surface area contributed by atoms with Crippen molar-refractivity contribution < 1.29 is 23.6 Å². The minimum Gasteiger partial charge on any atom is -0.489 e. The van der Waals surface area contributed by atoms with Crippen LogP contribution in [0, 0.1) is 5.92 Å². The summed E-state index contributed by atoms with van der Waals surface area (Å²) in [6, 6.07) is 13.0. The first-order chi connectivity index (χ1) is 17.1. The Labute approximate surface area is 216 Å². The molecule has 1 aromatic heterocycles. The van der Waals surface area contributed by atoms with Gasteiger partial charge in [0.25, 0.3) is 5.89 Å². The van der Waals surface area contributed by atoms with Gasteiger partial charge in [0.15, 0.2) is 0 Å². The summed E-state index contributed by atoms with van der Waals surface area (Å²) in [5.41, 5.74) is 2.37. The molecule has 3 atom stereocenters. The Hall–Kier alpha value is -2.38. The third kappa shape index (κ3) is 5.18. The molecule has 194 valence electrons. The highest BCUT2D eigenvalue weighted by atomic mass is 35.5. The lowest BCUT2D eigenvalue weighted by atomic mass is 9.88. The van der Waals surface area contributed by atoms with Crippen LogP contribution in [0.5, 0.6) is 5.75 Å². The number of nitrogens with zero attached hydrogens (tertiary/aromatic N) is 2. The molecule has 3 aromatic rings. The van der Waals surface area contributed by atoms with Gasteiger partial charge >= 0.3 is 7.60 Å². The Balaban J connectivity index is 1.48. The van der Waals surface area contributed by atoms with Crippen molar-refractivity contribution in [3.63, 3.8) is 0 Å². The molecule has 1 aliphatic carbocycles. The van der Waals surface area contributed by atoms with E-state index in [9.17, 15) is 14.4 Å². The predicted octanol–water partition coefficient (Wildman–Crippen LogP) is 6.77. The molecule has 1 saturated carbocycles. The highest BCUT2D eigenvalue weighted by molar-refractivity contribution is 7.53. The van der Waals surface area contributed by atoms with Gasteiger partial charge in [0.05, 0.1) is 16.3 Å². The van der Waals surface area contributed by atoms with Crippen molar-refractivity contribution in [2.24, 2.45) is 5.92 Å². The van der Waals surface area contributed by atoms with Gasteiger partial charge in [-0.3, -0.25) is 4.57 Å². The zero-order valence-corrected chi connectivity index (χ0v) is 22.6. The molecule has 3 N–H and O–H groups in total. The van der Waals surface area contributed by atoms with E-state index in [0.29, 0.717) is 41.7 Å². The lowest BCUT2D eigenvalue weighted by Crippen LogP contribution is -2.38. The first kappa shape index (κ1) is 26.7. The van der Waals surface area contributed by atoms with Crippen LogP contribution in [0.2, 0.25) is 5.02 Å². The first-order valence-corrected chi connectivity index (χ1v) is 14.3. The van der Waals surface area contributed by atoms with Gasteiger partial charge in [0.2, 0.25) is 5.82 Å². The summed E-state index contributed by atoms with van der Waals surface area (Å²) in [6.07, 6.45) is 2.42. The fourth-order valence-corrected chi connectivity index (χ4v) is 7.23. The number of halogens is 1. The maximum Gasteiger partial charge on any atom is 0.331 e. The Morgan fingerprint density at radius 1 is 1.19 bits per heavy atom. The first-order valence-electron chi connectivity index (χ1n) is 12.3. The molecule has 1 fully saturated rings. The van der Waals surface area contributed by atoms with Crippen molar-refractivity contribution in [1.82, 2.24) is 10.1 Å². The summed E-state index contributed by atoms with van der Waals surface area (Å²) in [5.74, 6) is 1.31. The van der Waals surface area contributed by atoms with Crippen molar-refractivity contribution in [3.05, 3.63) is 47.5 Å². The molecule has 4 rings (SSSR count). The highest BCUT2D eigenvalue weighted by Gasteiger charge is 2.56. The standard InChI is InChI=1S/C26H33ClN3O5P/c1-5-20-22(13-14-26(20,6-2)36(31,32)33)28-19-10-7-17(8-11-19)25-29-24(30-35-25)18-9-12-23(21(27)15-18)34-16(3)4/h7-12,15-16,20,22,28H,5-6,13-14H2,1-4H3,(H2,31,32,33)/t20?,22-,26-/m1/s1. The molecule has 2 aromatic carbocycles. The van der Waals surface area contributed by atoms with Gasteiger partial charge in [-0.1, -0.05) is 37.0 Å². The molecule has 10 heteroatoms. The summed E-state index contributed by atoms with van der Waals surface area (Å²) in [5, 5.41) is 7.12. The van der Waals surface area contributed by atoms with E-state index in [1.807, 2.05) is 58.0 Å². The minimum atomic E-state index is -4.23. The molecule has 36 heavy (non-hydrogen) atoms. The van der Waals surface area contributed by atoms with E-state index in [1.54, 1.807) is 12.1 Å². The maximum absolute atomic E-state index is 12.4. The predicted molar refractivity (Wildman–Crippen MR) is 141 cm³/mol. The van der Waals surface area contributed by atoms with E-state index < -0.39 is 12.8 Å². The normalized spacial score (nSPS) is 22.2. The highest BCUT2D eigenvalue weighted by Crippen LogP contribution is 2.64. The van der Waals surface area contributed by atoms with Gasteiger partial charge in [0.1, 0.15) is 5.75 Å². The largest absolute Gasteiger partial charge is 0.489 e. The number of nitrogens with one attached hydrogen (secondary N) is 1. The topological polar surface area (TPSA) is 118 Å². The lowest BCUT2D eigenvalue weighted by molar-refractivity contribution is 0.242.